The monoisotopic (exact) mass is 504 g/mol. The molecule has 3 amide bonds. The molecule has 10 nitrogen and oxygen atoms in total. The minimum absolute atomic E-state index is 0. The molecule has 3 rings (SSSR count). The third kappa shape index (κ3) is 8.09. The van der Waals surface area contributed by atoms with Gasteiger partial charge in [-0.2, -0.15) is 5.26 Å². The van der Waals surface area contributed by atoms with E-state index < -0.39 is 17.8 Å². The molecule has 0 bridgehead atoms. The van der Waals surface area contributed by atoms with Gasteiger partial charge in [0.05, 0.1) is 0 Å². The number of unbranched alkanes of at least 4 members (excludes halogenated alkanes) is 2. The third-order valence-corrected chi connectivity index (χ3v) is 5.77. The van der Waals surface area contributed by atoms with Crippen LogP contribution in [0.4, 0.5) is 0 Å². The number of phenolic OH excluding ortho intramolecular Hbond substituents is 1. The van der Waals surface area contributed by atoms with Gasteiger partial charge in [-0.15, -0.1) is 17.5 Å². The second kappa shape index (κ2) is 13.5. The topological polar surface area (TPSA) is 131 Å². The number of nitrogens with zero attached hydrogens (tertiary/aromatic N) is 4. The maximum Gasteiger partial charge on any atom is 0.333 e. The normalized spacial score (nSPS) is 16.6. The van der Waals surface area contributed by atoms with Crippen LogP contribution in [0.25, 0.3) is 6.08 Å². The molecule has 2 heterocycles. The van der Waals surface area contributed by atoms with Crippen molar-refractivity contribution in [2.45, 2.75) is 38.5 Å². The maximum absolute atomic E-state index is 12.7. The van der Waals surface area contributed by atoms with Crippen molar-refractivity contribution in [1.29, 1.82) is 5.26 Å². The van der Waals surface area contributed by atoms with Crippen molar-refractivity contribution >= 4 is 42.2 Å². The fraction of sp³-hybridized carbons (Fsp3) is 0.458. The number of hydrogen-bond acceptors (Lipinski definition) is 8. The molecule has 0 aliphatic carbocycles. The van der Waals surface area contributed by atoms with Crippen molar-refractivity contribution in [2.24, 2.45) is 0 Å². The standard InChI is InChI=1S/C24H28N4O6.ClH/c25-17-19(16-18-5-7-20(29)8-6-18)24(33)27-14-12-26(13-15-27)11-3-1-2-4-23(32)34-28-21(30)9-10-22(28)31;/h5-8,16,29H,1-4,9-15H2;1H/b19-16-;. The maximum atomic E-state index is 12.7. The van der Waals surface area contributed by atoms with Gasteiger partial charge in [0.25, 0.3) is 17.7 Å². The second-order valence-corrected chi connectivity index (χ2v) is 8.25. The second-order valence-electron chi connectivity index (χ2n) is 8.25. The number of nitriles is 1. The average Bonchev–Trinajstić information content (AvgIpc) is 3.15. The van der Waals surface area contributed by atoms with Crippen molar-refractivity contribution in [1.82, 2.24) is 14.9 Å². The van der Waals surface area contributed by atoms with E-state index in [2.05, 4.69) is 4.90 Å². The highest BCUT2D eigenvalue weighted by Crippen LogP contribution is 2.16. The van der Waals surface area contributed by atoms with E-state index in [4.69, 9.17) is 4.84 Å². The Morgan fingerprint density at radius 2 is 1.63 bits per heavy atom. The molecule has 2 fully saturated rings. The van der Waals surface area contributed by atoms with Crippen molar-refractivity contribution in [3.8, 4) is 11.8 Å². The molecule has 1 N–H and O–H groups in total. The van der Waals surface area contributed by atoms with Crippen LogP contribution in [-0.2, 0) is 24.0 Å². The molecule has 0 aromatic heterocycles. The molecular formula is C24H29ClN4O6. The van der Waals surface area contributed by atoms with E-state index in [1.165, 1.54) is 18.2 Å². The number of hydroxylamine groups is 2. The van der Waals surface area contributed by atoms with E-state index in [1.807, 2.05) is 6.07 Å². The number of halogens is 1. The van der Waals surface area contributed by atoms with Crippen LogP contribution in [0.2, 0.25) is 0 Å². The molecule has 1 aromatic carbocycles. The Balaban J connectivity index is 0.00000432. The van der Waals surface area contributed by atoms with Crippen molar-refractivity contribution in [3.63, 3.8) is 0 Å². The lowest BCUT2D eigenvalue weighted by atomic mass is 10.1. The number of phenols is 1. The molecule has 188 valence electrons. The molecule has 0 saturated carbocycles. The quantitative estimate of drug-likeness (QED) is 0.234. The molecule has 11 heteroatoms. The van der Waals surface area contributed by atoms with Gasteiger partial charge in [-0.05, 0) is 43.2 Å². The Bertz CT molecular complexity index is 980. The summed E-state index contributed by atoms with van der Waals surface area (Å²) in [5, 5.41) is 19.3. The summed E-state index contributed by atoms with van der Waals surface area (Å²) < 4.78 is 0. The van der Waals surface area contributed by atoms with Crippen LogP contribution in [0.15, 0.2) is 29.8 Å². The van der Waals surface area contributed by atoms with Gasteiger partial charge in [-0.3, -0.25) is 19.3 Å². The number of amides is 3. The molecule has 1 aromatic rings. The smallest absolute Gasteiger partial charge is 0.333 e. The average molecular weight is 505 g/mol. The molecule has 0 spiro atoms. The van der Waals surface area contributed by atoms with Crippen LogP contribution >= 0.6 is 12.4 Å². The van der Waals surface area contributed by atoms with Crippen molar-refractivity contribution in [3.05, 3.63) is 35.4 Å². The van der Waals surface area contributed by atoms with Crippen LogP contribution < -0.4 is 0 Å². The highest BCUT2D eigenvalue weighted by molar-refractivity contribution is 6.02. The fourth-order valence-corrected chi connectivity index (χ4v) is 3.81. The minimum Gasteiger partial charge on any atom is -0.508 e. The minimum atomic E-state index is -0.579. The first-order valence-corrected chi connectivity index (χ1v) is 11.4. The number of benzene rings is 1. The molecule has 0 atom stereocenters. The van der Waals surface area contributed by atoms with Crippen LogP contribution in [-0.4, -0.2) is 76.4 Å². The number of rotatable bonds is 9. The van der Waals surface area contributed by atoms with Crippen LogP contribution in [0.5, 0.6) is 5.75 Å². The van der Waals surface area contributed by atoms with Gasteiger partial charge in [0.15, 0.2) is 0 Å². The lowest BCUT2D eigenvalue weighted by molar-refractivity contribution is -0.197. The predicted molar refractivity (Wildman–Crippen MR) is 128 cm³/mol. The summed E-state index contributed by atoms with van der Waals surface area (Å²) in [6.45, 7) is 3.28. The molecule has 2 saturated heterocycles. The number of imide groups is 1. The summed E-state index contributed by atoms with van der Waals surface area (Å²) in [6.07, 6.45) is 4.09. The summed E-state index contributed by atoms with van der Waals surface area (Å²) in [7, 11) is 0. The first-order chi connectivity index (χ1) is 16.4. The van der Waals surface area contributed by atoms with Gasteiger partial charge < -0.3 is 14.8 Å². The van der Waals surface area contributed by atoms with Crippen LogP contribution in [0, 0.1) is 11.3 Å². The largest absolute Gasteiger partial charge is 0.508 e. The van der Waals surface area contributed by atoms with E-state index in [0.29, 0.717) is 43.2 Å². The Morgan fingerprint density at radius 3 is 2.23 bits per heavy atom. The number of piperazine rings is 1. The summed E-state index contributed by atoms with van der Waals surface area (Å²) in [5.41, 5.74) is 0.729. The zero-order valence-electron chi connectivity index (χ0n) is 19.4. The molecule has 2 aliphatic rings. The lowest BCUT2D eigenvalue weighted by Gasteiger charge is -2.34. The zero-order chi connectivity index (χ0) is 24.5. The Labute approximate surface area is 210 Å². The van der Waals surface area contributed by atoms with Gasteiger partial charge in [0.1, 0.15) is 17.4 Å². The Kier molecular flexibility index (Phi) is 10.7. The molecule has 0 radical (unpaired) electrons. The third-order valence-electron chi connectivity index (χ3n) is 5.77. The van der Waals surface area contributed by atoms with Crippen molar-refractivity contribution < 1.29 is 29.1 Å². The van der Waals surface area contributed by atoms with Crippen LogP contribution in [0.3, 0.4) is 0 Å². The van der Waals surface area contributed by atoms with Gasteiger partial charge in [0.2, 0.25) is 0 Å². The fourth-order valence-electron chi connectivity index (χ4n) is 3.81. The summed E-state index contributed by atoms with van der Waals surface area (Å²) in [6, 6.07) is 8.26. The number of carbonyl (C=O) groups excluding carboxylic acids is 4. The van der Waals surface area contributed by atoms with E-state index in [-0.39, 0.29) is 48.9 Å². The van der Waals surface area contributed by atoms with E-state index in [1.54, 1.807) is 17.0 Å². The molecule has 2 aliphatic heterocycles. The number of aromatic hydroxyl groups is 1. The van der Waals surface area contributed by atoms with Gasteiger partial charge in [-0.1, -0.05) is 18.6 Å². The highest BCUT2D eigenvalue weighted by atomic mass is 35.5. The van der Waals surface area contributed by atoms with Crippen molar-refractivity contribution in [2.75, 3.05) is 32.7 Å². The van der Waals surface area contributed by atoms with E-state index in [9.17, 15) is 29.5 Å². The van der Waals surface area contributed by atoms with Gasteiger partial charge in [0, 0.05) is 45.4 Å². The summed E-state index contributed by atoms with van der Waals surface area (Å²) in [5.74, 6) is -1.72. The first kappa shape index (κ1) is 27.8. The lowest BCUT2D eigenvalue weighted by Crippen LogP contribution is -2.49. The zero-order valence-corrected chi connectivity index (χ0v) is 20.2. The predicted octanol–water partition coefficient (Wildman–Crippen LogP) is 2.03. The number of carbonyl (C=O) groups is 4. The summed E-state index contributed by atoms with van der Waals surface area (Å²) in [4.78, 5) is 56.2. The van der Waals surface area contributed by atoms with E-state index >= 15 is 0 Å². The Hall–Kier alpha value is -3.42. The Morgan fingerprint density at radius 1 is 1.00 bits per heavy atom. The molecule has 0 unspecified atom stereocenters. The molecule has 35 heavy (non-hydrogen) atoms. The first-order valence-electron chi connectivity index (χ1n) is 11.4. The highest BCUT2D eigenvalue weighted by Gasteiger charge is 2.32. The summed E-state index contributed by atoms with van der Waals surface area (Å²) >= 11 is 0. The molecular weight excluding hydrogens is 476 g/mol. The SMILES string of the molecule is Cl.N#C/C(=C/c1ccc(O)cc1)C(=O)N1CCN(CCCCCC(=O)ON2C(=O)CCC2=O)CC1. The van der Waals surface area contributed by atoms with Crippen LogP contribution in [0.1, 0.15) is 44.1 Å². The number of hydrogen-bond donors (Lipinski definition) is 1. The van der Waals surface area contributed by atoms with Gasteiger partial charge >= 0.3 is 5.97 Å². The van der Waals surface area contributed by atoms with Gasteiger partial charge in [-0.25, -0.2) is 4.79 Å². The van der Waals surface area contributed by atoms with E-state index in [0.717, 1.165) is 19.4 Å².